The Morgan fingerprint density at radius 2 is 1.96 bits per heavy atom. The van der Waals surface area contributed by atoms with Gasteiger partial charge in [-0.05, 0) is 19.1 Å². The highest BCUT2D eigenvalue weighted by Gasteiger charge is 2.20. The highest BCUT2D eigenvalue weighted by molar-refractivity contribution is 6.33. The van der Waals surface area contributed by atoms with E-state index in [1.165, 1.54) is 14.0 Å². The second-order valence-corrected chi connectivity index (χ2v) is 5.20. The molecule has 2 aromatic rings. The molecule has 0 aliphatic heterocycles. The van der Waals surface area contributed by atoms with Crippen molar-refractivity contribution in [2.24, 2.45) is 7.05 Å². The van der Waals surface area contributed by atoms with Crippen LogP contribution < -0.4 is 11.2 Å². The lowest BCUT2D eigenvalue weighted by molar-refractivity contribution is 0.0697. The van der Waals surface area contributed by atoms with Gasteiger partial charge in [0.2, 0.25) is 0 Å². The zero-order valence-corrected chi connectivity index (χ0v) is 12.9. The third-order valence-corrected chi connectivity index (χ3v) is 3.86. The normalized spacial score (nSPS) is 10.8. The Kier molecular flexibility index (Phi) is 4.39. The molecule has 0 amide bonds. The highest BCUT2D eigenvalue weighted by atomic mass is 35.5. The highest BCUT2D eigenvalue weighted by Crippen LogP contribution is 2.22. The van der Waals surface area contributed by atoms with Crippen LogP contribution in [0.1, 0.15) is 21.6 Å². The van der Waals surface area contributed by atoms with Crippen LogP contribution in [0.2, 0.25) is 5.02 Å². The van der Waals surface area contributed by atoms with Crippen molar-refractivity contribution in [1.29, 1.82) is 0 Å². The van der Waals surface area contributed by atoms with E-state index in [1.54, 1.807) is 0 Å². The molecule has 1 aromatic carbocycles. The number of aromatic nitrogens is 2. The molecule has 0 bridgehead atoms. The minimum Gasteiger partial charge on any atom is -0.478 e. The van der Waals surface area contributed by atoms with Crippen molar-refractivity contribution in [1.82, 2.24) is 9.13 Å². The van der Waals surface area contributed by atoms with Gasteiger partial charge in [-0.3, -0.25) is 4.79 Å². The molecule has 2 N–H and O–H groups in total. The third kappa shape index (κ3) is 2.66. The van der Waals surface area contributed by atoms with Crippen LogP contribution in [0.5, 0.6) is 0 Å². The van der Waals surface area contributed by atoms with Crippen molar-refractivity contribution in [2.45, 2.75) is 13.5 Å². The number of carbonyl (C=O) groups is 1. The van der Waals surface area contributed by atoms with Crippen LogP contribution >= 0.6 is 11.6 Å². The molecule has 0 saturated carbocycles. The predicted molar refractivity (Wildman–Crippen MR) is 79.9 cm³/mol. The number of aromatic carboxylic acids is 1. The molecule has 122 valence electrons. The molecule has 7 nitrogen and oxygen atoms in total. The van der Waals surface area contributed by atoms with Gasteiger partial charge in [-0.2, -0.15) is 0 Å². The van der Waals surface area contributed by atoms with E-state index in [4.69, 9.17) is 16.7 Å². The second-order valence-electron chi connectivity index (χ2n) is 4.79. The zero-order valence-electron chi connectivity index (χ0n) is 12.1. The Hall–Kier alpha value is -2.45. The maximum absolute atomic E-state index is 14.2. The molecule has 0 aliphatic carbocycles. The second kappa shape index (κ2) is 5.98. The van der Waals surface area contributed by atoms with E-state index in [2.05, 4.69) is 0 Å². The van der Waals surface area contributed by atoms with Gasteiger partial charge in [-0.1, -0.05) is 11.6 Å². The summed E-state index contributed by atoms with van der Waals surface area (Å²) in [7, 11) is 1.35. The molecule has 0 unspecified atom stereocenters. The SMILES string of the molecule is Cc1c(CO)c(=O)n(-c2cc(C(=O)O)c(Cl)cc2F)c(=O)n1C. The van der Waals surface area contributed by atoms with Crippen molar-refractivity contribution in [3.63, 3.8) is 0 Å². The first-order valence-electron chi connectivity index (χ1n) is 6.35. The van der Waals surface area contributed by atoms with Gasteiger partial charge in [-0.25, -0.2) is 18.5 Å². The number of nitrogens with zero attached hydrogens (tertiary/aromatic N) is 2. The minimum absolute atomic E-state index is 0.0988. The minimum atomic E-state index is -1.43. The first-order chi connectivity index (χ1) is 10.7. The molecule has 0 fully saturated rings. The summed E-state index contributed by atoms with van der Waals surface area (Å²) in [5.41, 5.74) is -2.67. The maximum atomic E-state index is 14.2. The summed E-state index contributed by atoms with van der Waals surface area (Å²) in [6.07, 6.45) is 0. The molecule has 0 aliphatic rings. The molecule has 0 atom stereocenters. The fourth-order valence-electron chi connectivity index (χ4n) is 2.14. The van der Waals surface area contributed by atoms with Crippen molar-refractivity contribution >= 4 is 17.6 Å². The molecule has 1 heterocycles. The van der Waals surface area contributed by atoms with E-state index >= 15 is 0 Å². The third-order valence-electron chi connectivity index (χ3n) is 3.55. The van der Waals surface area contributed by atoms with Crippen LogP contribution in [-0.4, -0.2) is 25.3 Å². The number of halogens is 2. The van der Waals surface area contributed by atoms with Crippen molar-refractivity contribution in [3.05, 3.63) is 60.6 Å². The van der Waals surface area contributed by atoms with E-state index in [0.717, 1.165) is 10.6 Å². The van der Waals surface area contributed by atoms with Crippen LogP contribution in [0.25, 0.3) is 5.69 Å². The lowest BCUT2D eigenvalue weighted by Crippen LogP contribution is -2.41. The van der Waals surface area contributed by atoms with Gasteiger partial charge in [0.25, 0.3) is 5.56 Å². The summed E-state index contributed by atoms with van der Waals surface area (Å²) in [6.45, 7) is 0.805. The molecule has 0 radical (unpaired) electrons. The summed E-state index contributed by atoms with van der Waals surface area (Å²) in [5, 5.41) is 18.0. The number of rotatable bonds is 3. The lowest BCUT2D eigenvalue weighted by atomic mass is 10.1. The fourth-order valence-corrected chi connectivity index (χ4v) is 2.37. The summed E-state index contributed by atoms with van der Waals surface area (Å²) < 4.78 is 15.7. The van der Waals surface area contributed by atoms with Gasteiger partial charge < -0.3 is 14.8 Å². The monoisotopic (exact) mass is 342 g/mol. The van der Waals surface area contributed by atoms with Crippen LogP contribution in [0.3, 0.4) is 0 Å². The molecule has 1 aromatic heterocycles. The number of carboxylic acid groups (broad SMARTS) is 1. The fraction of sp³-hybridized carbons (Fsp3) is 0.214. The van der Waals surface area contributed by atoms with E-state index < -0.39 is 40.9 Å². The standard InChI is InChI=1S/C14H12ClFN2O5/c1-6-8(5-19)12(20)18(14(23)17(6)2)11-3-7(13(21)22)9(15)4-10(11)16/h3-4,19H,5H2,1-2H3,(H,21,22). The lowest BCUT2D eigenvalue weighted by Gasteiger charge is -2.14. The average molecular weight is 343 g/mol. The summed E-state index contributed by atoms with van der Waals surface area (Å²) in [5.74, 6) is -2.47. The number of hydrogen-bond donors (Lipinski definition) is 2. The van der Waals surface area contributed by atoms with Gasteiger partial charge in [0.1, 0.15) is 5.82 Å². The number of carboxylic acids is 1. The number of aliphatic hydroxyl groups is 1. The largest absolute Gasteiger partial charge is 0.478 e. The van der Waals surface area contributed by atoms with E-state index in [1.807, 2.05) is 0 Å². The van der Waals surface area contributed by atoms with Gasteiger partial charge in [0.05, 0.1) is 28.4 Å². The Morgan fingerprint density at radius 3 is 2.48 bits per heavy atom. The Labute approximate surface area is 133 Å². The average Bonchev–Trinajstić information content (AvgIpc) is 2.47. The van der Waals surface area contributed by atoms with E-state index in [9.17, 15) is 23.9 Å². The van der Waals surface area contributed by atoms with Crippen molar-refractivity contribution in [3.8, 4) is 5.69 Å². The predicted octanol–water partition coefficient (Wildman–Crippen LogP) is 0.828. The van der Waals surface area contributed by atoms with Gasteiger partial charge in [0, 0.05) is 12.7 Å². The van der Waals surface area contributed by atoms with Gasteiger partial charge in [0.15, 0.2) is 0 Å². The molecule has 23 heavy (non-hydrogen) atoms. The zero-order chi connectivity index (χ0) is 17.5. The van der Waals surface area contributed by atoms with Gasteiger partial charge in [-0.15, -0.1) is 0 Å². The van der Waals surface area contributed by atoms with Crippen molar-refractivity contribution < 1.29 is 19.4 Å². The molecule has 0 spiro atoms. The molecular weight excluding hydrogens is 331 g/mol. The first-order valence-corrected chi connectivity index (χ1v) is 6.73. The summed E-state index contributed by atoms with van der Waals surface area (Å²) >= 11 is 5.65. The quantitative estimate of drug-likeness (QED) is 0.860. The Balaban J connectivity index is 2.96. The topological polar surface area (TPSA) is 102 Å². The van der Waals surface area contributed by atoms with E-state index in [-0.39, 0.29) is 16.3 Å². The molecule has 0 saturated heterocycles. The van der Waals surface area contributed by atoms with Gasteiger partial charge >= 0.3 is 11.7 Å². The van der Waals surface area contributed by atoms with Crippen LogP contribution in [0, 0.1) is 12.7 Å². The molecule has 9 heteroatoms. The maximum Gasteiger partial charge on any atom is 0.337 e. The number of benzene rings is 1. The summed E-state index contributed by atoms with van der Waals surface area (Å²) in [6, 6.07) is 1.52. The van der Waals surface area contributed by atoms with E-state index in [0.29, 0.717) is 10.6 Å². The Bertz CT molecular complexity index is 932. The Morgan fingerprint density at radius 1 is 1.35 bits per heavy atom. The number of hydrogen-bond acceptors (Lipinski definition) is 4. The first kappa shape index (κ1) is 16.9. The molecular formula is C14H12ClFN2O5. The number of aliphatic hydroxyl groups excluding tert-OH is 1. The smallest absolute Gasteiger partial charge is 0.337 e. The van der Waals surface area contributed by atoms with Crippen molar-refractivity contribution in [2.75, 3.05) is 0 Å². The van der Waals surface area contributed by atoms with Crippen LogP contribution in [0.4, 0.5) is 4.39 Å². The van der Waals surface area contributed by atoms with Crippen LogP contribution in [-0.2, 0) is 13.7 Å². The summed E-state index contributed by atoms with van der Waals surface area (Å²) in [4.78, 5) is 35.8. The molecule has 2 rings (SSSR count). The van der Waals surface area contributed by atoms with Crippen LogP contribution in [0.15, 0.2) is 21.7 Å².